The summed E-state index contributed by atoms with van der Waals surface area (Å²) in [6.45, 7) is 1.36. The Balaban J connectivity index is 1.80. The second-order valence-corrected chi connectivity index (χ2v) is 7.19. The van der Waals surface area contributed by atoms with Crippen LogP contribution in [0, 0.1) is 17.1 Å². The Morgan fingerprint density at radius 3 is 2.60 bits per heavy atom. The summed E-state index contributed by atoms with van der Waals surface area (Å²) in [4.78, 5) is 16.4. The number of nitriles is 1. The Bertz CT molecular complexity index is 1090. The van der Waals surface area contributed by atoms with E-state index in [1.807, 2.05) is 36.4 Å². The number of allylic oxidation sites excluding steroid dienone is 1. The molecule has 0 spiro atoms. The van der Waals surface area contributed by atoms with Crippen LogP contribution in [-0.4, -0.2) is 10.9 Å². The van der Waals surface area contributed by atoms with E-state index in [0.29, 0.717) is 27.9 Å². The van der Waals surface area contributed by atoms with Gasteiger partial charge in [0.25, 0.3) is 0 Å². The molecule has 0 atom stereocenters. The molecule has 1 heterocycles. The molecule has 0 aliphatic carbocycles. The lowest BCUT2D eigenvalue weighted by Crippen LogP contribution is -2.19. The molecule has 7 heteroatoms. The third-order valence-electron chi connectivity index (χ3n) is 3.87. The van der Waals surface area contributed by atoms with Crippen molar-refractivity contribution in [3.63, 3.8) is 0 Å². The maximum Gasteiger partial charge on any atom is 0.221 e. The van der Waals surface area contributed by atoms with Crippen LogP contribution in [0.5, 0.6) is 11.5 Å². The van der Waals surface area contributed by atoms with E-state index >= 15 is 0 Å². The number of nitrogens with one attached hydrogen (secondary N) is 1. The molecule has 0 saturated carbocycles. The Hall–Kier alpha value is -3.63. The van der Waals surface area contributed by atoms with Gasteiger partial charge in [-0.3, -0.25) is 9.78 Å². The normalized spacial score (nSPS) is 11.2. The first-order chi connectivity index (χ1) is 14.5. The van der Waals surface area contributed by atoms with Gasteiger partial charge in [-0.1, -0.05) is 18.2 Å². The van der Waals surface area contributed by atoms with Gasteiger partial charge in [0.2, 0.25) is 5.91 Å². The highest BCUT2D eigenvalue weighted by molar-refractivity contribution is 8.07. The fourth-order valence-electron chi connectivity index (χ4n) is 2.58. The van der Waals surface area contributed by atoms with Crippen LogP contribution >= 0.6 is 11.8 Å². The van der Waals surface area contributed by atoms with E-state index in [4.69, 9.17) is 4.74 Å². The number of nitrogens with zero attached hydrogens (tertiary/aromatic N) is 2. The monoisotopic (exact) mass is 419 g/mol. The number of ether oxygens (including phenoxy) is 1. The molecule has 1 N–H and O–H groups in total. The molecule has 1 amide bonds. The highest BCUT2D eigenvalue weighted by Gasteiger charge is 2.13. The molecule has 0 aliphatic rings. The number of benzene rings is 2. The minimum atomic E-state index is -0.325. The predicted octanol–water partition coefficient (Wildman–Crippen LogP) is 5.27. The third kappa shape index (κ3) is 5.93. The van der Waals surface area contributed by atoms with Crippen LogP contribution in [0.25, 0.3) is 4.91 Å². The number of hydrogen-bond acceptors (Lipinski definition) is 5. The van der Waals surface area contributed by atoms with Crippen LogP contribution in [0.4, 0.5) is 4.39 Å². The zero-order chi connectivity index (χ0) is 21.3. The molecule has 0 radical (unpaired) electrons. The molecule has 0 aliphatic heterocycles. The molecule has 0 bridgehead atoms. The van der Waals surface area contributed by atoms with E-state index in [-0.39, 0.29) is 17.4 Å². The van der Waals surface area contributed by atoms with Crippen molar-refractivity contribution in [1.29, 1.82) is 5.26 Å². The Morgan fingerprint density at radius 2 is 1.93 bits per heavy atom. The molecule has 3 rings (SSSR count). The van der Waals surface area contributed by atoms with Gasteiger partial charge in [-0.05, 0) is 54.1 Å². The first-order valence-corrected chi connectivity index (χ1v) is 10.0. The predicted molar refractivity (Wildman–Crippen MR) is 115 cm³/mol. The second-order valence-electron chi connectivity index (χ2n) is 6.20. The van der Waals surface area contributed by atoms with E-state index in [0.717, 1.165) is 5.56 Å². The fourth-order valence-corrected chi connectivity index (χ4v) is 3.58. The maximum atomic E-state index is 13.1. The van der Waals surface area contributed by atoms with Gasteiger partial charge in [0.1, 0.15) is 29.1 Å². The van der Waals surface area contributed by atoms with Gasteiger partial charge in [0.05, 0.1) is 10.6 Å². The molecule has 5 nitrogen and oxygen atoms in total. The highest BCUT2D eigenvalue weighted by Crippen LogP contribution is 2.32. The summed E-state index contributed by atoms with van der Waals surface area (Å²) < 4.78 is 18.8. The zero-order valence-corrected chi connectivity index (χ0v) is 16.9. The number of thioether (sulfide) groups is 1. The summed E-state index contributed by atoms with van der Waals surface area (Å²) in [6.07, 6.45) is 1.63. The lowest BCUT2D eigenvalue weighted by molar-refractivity contribution is -0.118. The maximum absolute atomic E-state index is 13.1. The van der Waals surface area contributed by atoms with Crippen LogP contribution in [0.1, 0.15) is 18.2 Å². The molecule has 1 aromatic heterocycles. The minimum absolute atomic E-state index is 0.157. The van der Waals surface area contributed by atoms with E-state index in [2.05, 4.69) is 10.3 Å². The van der Waals surface area contributed by atoms with Crippen molar-refractivity contribution >= 4 is 22.6 Å². The number of pyridine rings is 1. The molecular formula is C23H18FN3O2S. The Kier molecular flexibility index (Phi) is 7.19. The van der Waals surface area contributed by atoms with Crippen LogP contribution in [0.2, 0.25) is 0 Å². The summed E-state index contributed by atoms with van der Waals surface area (Å²) >= 11 is 1.39. The fraction of sp³-hybridized carbons (Fsp3) is 0.0870. The molecule has 2 aromatic carbocycles. The minimum Gasteiger partial charge on any atom is -0.457 e. The summed E-state index contributed by atoms with van der Waals surface area (Å²) in [7, 11) is 0. The SMILES string of the molecule is CC(=O)NC(C#N)=C(SCc1cccc(Oc2ccc(F)cc2)c1)c1ccccn1. The third-order valence-corrected chi connectivity index (χ3v) is 5.05. The molecule has 0 fully saturated rings. The van der Waals surface area contributed by atoms with Gasteiger partial charge in [-0.15, -0.1) is 11.8 Å². The van der Waals surface area contributed by atoms with Crippen molar-refractivity contribution < 1.29 is 13.9 Å². The molecule has 3 aromatic rings. The smallest absolute Gasteiger partial charge is 0.221 e. The van der Waals surface area contributed by atoms with E-state index < -0.39 is 0 Å². The Labute approximate surface area is 178 Å². The Morgan fingerprint density at radius 1 is 1.13 bits per heavy atom. The summed E-state index contributed by atoms with van der Waals surface area (Å²) in [5.41, 5.74) is 1.71. The average molecular weight is 419 g/mol. The number of carbonyl (C=O) groups is 1. The molecule has 0 unspecified atom stereocenters. The molecule has 150 valence electrons. The largest absolute Gasteiger partial charge is 0.457 e. The van der Waals surface area contributed by atoms with Gasteiger partial charge >= 0.3 is 0 Å². The zero-order valence-electron chi connectivity index (χ0n) is 16.1. The summed E-state index contributed by atoms with van der Waals surface area (Å²) in [5, 5.41) is 12.1. The van der Waals surface area contributed by atoms with Crippen molar-refractivity contribution in [2.24, 2.45) is 0 Å². The number of amides is 1. The summed E-state index contributed by atoms with van der Waals surface area (Å²) in [6, 6.07) is 20.7. The first-order valence-electron chi connectivity index (χ1n) is 9.03. The van der Waals surface area contributed by atoms with Gasteiger partial charge in [-0.25, -0.2) is 4.39 Å². The van der Waals surface area contributed by atoms with Crippen LogP contribution in [0.3, 0.4) is 0 Å². The van der Waals surface area contributed by atoms with Gasteiger partial charge in [0, 0.05) is 18.9 Å². The van der Waals surface area contributed by atoms with Crippen molar-refractivity contribution in [1.82, 2.24) is 10.3 Å². The number of rotatable bonds is 7. The lowest BCUT2D eigenvalue weighted by Gasteiger charge is -2.11. The quantitative estimate of drug-likeness (QED) is 0.528. The van der Waals surface area contributed by atoms with E-state index in [9.17, 15) is 14.4 Å². The highest BCUT2D eigenvalue weighted by atomic mass is 32.2. The summed E-state index contributed by atoms with van der Waals surface area (Å²) in [5.74, 6) is 1.03. The number of halogens is 1. The second kappa shape index (κ2) is 10.2. The van der Waals surface area contributed by atoms with Crippen molar-refractivity contribution in [3.8, 4) is 17.6 Å². The van der Waals surface area contributed by atoms with Crippen molar-refractivity contribution in [2.45, 2.75) is 12.7 Å². The standard InChI is InChI=1S/C23H18FN3O2S/c1-16(28)27-22(14-25)23(21-7-2-3-12-26-21)30-15-17-5-4-6-20(13-17)29-19-10-8-18(24)9-11-19/h2-13H,15H2,1H3,(H,27,28). The van der Waals surface area contributed by atoms with Gasteiger partial charge < -0.3 is 10.1 Å². The van der Waals surface area contributed by atoms with Crippen molar-refractivity contribution in [3.05, 3.63) is 95.7 Å². The van der Waals surface area contributed by atoms with Gasteiger partial charge in [-0.2, -0.15) is 5.26 Å². The lowest BCUT2D eigenvalue weighted by atomic mass is 10.2. The average Bonchev–Trinajstić information content (AvgIpc) is 2.75. The van der Waals surface area contributed by atoms with E-state index in [1.165, 1.54) is 30.8 Å². The first kappa shape index (κ1) is 21.1. The molecule has 30 heavy (non-hydrogen) atoms. The topological polar surface area (TPSA) is 75.0 Å². The number of carbonyl (C=O) groups excluding carboxylic acids is 1. The van der Waals surface area contributed by atoms with Crippen LogP contribution < -0.4 is 10.1 Å². The van der Waals surface area contributed by atoms with Gasteiger partial charge in [0.15, 0.2) is 0 Å². The van der Waals surface area contributed by atoms with Crippen molar-refractivity contribution in [2.75, 3.05) is 0 Å². The molecular weight excluding hydrogens is 401 g/mol. The number of hydrogen-bond donors (Lipinski definition) is 1. The number of aromatic nitrogens is 1. The van der Waals surface area contributed by atoms with E-state index in [1.54, 1.807) is 30.5 Å². The molecule has 0 saturated heterocycles. The van der Waals surface area contributed by atoms with Crippen LogP contribution in [-0.2, 0) is 10.5 Å². The van der Waals surface area contributed by atoms with Crippen LogP contribution in [0.15, 0.2) is 78.6 Å².